The van der Waals surface area contributed by atoms with Crippen molar-refractivity contribution >= 4 is 11.6 Å². The minimum Gasteiger partial charge on any atom is -0.393 e. The van der Waals surface area contributed by atoms with E-state index in [-0.39, 0.29) is 11.9 Å². The van der Waals surface area contributed by atoms with Crippen LogP contribution in [0.3, 0.4) is 0 Å². The van der Waals surface area contributed by atoms with Crippen LogP contribution in [0.15, 0.2) is 18.2 Å². The van der Waals surface area contributed by atoms with E-state index < -0.39 is 0 Å². The molecule has 2 nitrogen and oxygen atoms in total. The highest BCUT2D eigenvalue weighted by molar-refractivity contribution is 6.30. The molecule has 0 amide bonds. The van der Waals surface area contributed by atoms with Gasteiger partial charge < -0.3 is 5.11 Å². The van der Waals surface area contributed by atoms with Gasteiger partial charge in [-0.1, -0.05) is 17.7 Å². The van der Waals surface area contributed by atoms with Gasteiger partial charge in [-0.3, -0.25) is 4.90 Å². The van der Waals surface area contributed by atoms with Gasteiger partial charge in [0.2, 0.25) is 0 Å². The quantitative estimate of drug-likeness (QED) is 0.913. The highest BCUT2D eigenvalue weighted by Crippen LogP contribution is 2.23. The fraction of sp³-hybridized carbons (Fsp3) is 0.571. The van der Waals surface area contributed by atoms with Gasteiger partial charge in [-0.2, -0.15) is 0 Å². The molecule has 0 bridgehead atoms. The molecular weight excluding hydrogens is 253 g/mol. The molecule has 1 aliphatic rings. The normalized spacial score (nSPS) is 23.0. The first kappa shape index (κ1) is 13.8. The predicted octanol–water partition coefficient (Wildman–Crippen LogP) is 3.07. The maximum absolute atomic E-state index is 13.7. The van der Waals surface area contributed by atoms with E-state index in [0.29, 0.717) is 23.0 Å². The zero-order chi connectivity index (χ0) is 13.1. The third-order valence-electron chi connectivity index (χ3n) is 3.63. The molecule has 0 aromatic heterocycles. The summed E-state index contributed by atoms with van der Waals surface area (Å²) in [4.78, 5) is 2.20. The molecule has 100 valence electrons. The second-order valence-corrected chi connectivity index (χ2v) is 5.55. The number of rotatable bonds is 3. The topological polar surface area (TPSA) is 23.5 Å². The summed E-state index contributed by atoms with van der Waals surface area (Å²) in [5.74, 6) is 0.0516. The van der Waals surface area contributed by atoms with Gasteiger partial charge >= 0.3 is 0 Å². The van der Waals surface area contributed by atoms with Crippen molar-refractivity contribution in [1.82, 2.24) is 4.90 Å². The minimum atomic E-state index is -0.289. The van der Waals surface area contributed by atoms with Crippen molar-refractivity contribution in [1.29, 1.82) is 0 Å². The predicted molar refractivity (Wildman–Crippen MR) is 71.1 cm³/mol. The van der Waals surface area contributed by atoms with Crippen LogP contribution in [-0.2, 0) is 6.54 Å². The maximum Gasteiger partial charge on any atom is 0.129 e. The van der Waals surface area contributed by atoms with Crippen LogP contribution in [0.1, 0.15) is 25.3 Å². The molecule has 2 atom stereocenters. The molecule has 0 spiro atoms. The number of benzene rings is 1. The number of aliphatic hydroxyl groups excluding tert-OH is 1. The van der Waals surface area contributed by atoms with Crippen LogP contribution in [0.25, 0.3) is 0 Å². The third-order valence-corrected chi connectivity index (χ3v) is 3.87. The summed E-state index contributed by atoms with van der Waals surface area (Å²) in [6.07, 6.45) is 1.82. The van der Waals surface area contributed by atoms with Crippen LogP contribution >= 0.6 is 11.6 Å². The number of piperidine rings is 1. The van der Waals surface area contributed by atoms with Gasteiger partial charge in [-0.15, -0.1) is 0 Å². The molecule has 4 heteroatoms. The fourth-order valence-electron chi connectivity index (χ4n) is 2.52. The standard InChI is InChI=1S/C14H19ClFNO/c1-10(18)11-3-2-6-17(8-11)9-12-4-5-13(15)7-14(12)16/h4-5,7,10-11,18H,2-3,6,8-9H2,1H3/t10-,11-/m1/s1. The number of aliphatic hydroxyl groups is 1. The first-order chi connectivity index (χ1) is 8.56. The first-order valence-electron chi connectivity index (χ1n) is 6.40. The molecule has 0 aliphatic carbocycles. The number of likely N-dealkylation sites (tertiary alicyclic amines) is 1. The molecule has 2 rings (SSSR count). The SMILES string of the molecule is C[C@@H](O)[C@@H]1CCCN(Cc2ccc(Cl)cc2F)C1. The molecule has 1 N–H and O–H groups in total. The largest absolute Gasteiger partial charge is 0.393 e. The molecule has 0 unspecified atom stereocenters. The van der Waals surface area contributed by atoms with Gasteiger partial charge in [0.05, 0.1) is 6.10 Å². The van der Waals surface area contributed by atoms with E-state index in [9.17, 15) is 9.50 Å². The number of hydrogen-bond donors (Lipinski definition) is 1. The van der Waals surface area contributed by atoms with E-state index >= 15 is 0 Å². The lowest BCUT2D eigenvalue weighted by atomic mass is 9.93. The lowest BCUT2D eigenvalue weighted by molar-refractivity contribution is 0.0595. The van der Waals surface area contributed by atoms with Crippen molar-refractivity contribution in [3.8, 4) is 0 Å². The van der Waals surface area contributed by atoms with Crippen LogP contribution in [0.5, 0.6) is 0 Å². The average molecular weight is 272 g/mol. The Hall–Kier alpha value is -0.640. The molecule has 0 saturated carbocycles. The Balaban J connectivity index is 2.00. The summed E-state index contributed by atoms with van der Waals surface area (Å²) in [6, 6.07) is 4.81. The highest BCUT2D eigenvalue weighted by atomic mass is 35.5. The Morgan fingerprint density at radius 3 is 3.00 bits per heavy atom. The first-order valence-corrected chi connectivity index (χ1v) is 6.78. The molecule has 1 fully saturated rings. The van der Waals surface area contributed by atoms with Crippen LogP contribution in [0, 0.1) is 11.7 Å². The van der Waals surface area contributed by atoms with Gasteiger partial charge in [0, 0.05) is 23.7 Å². The minimum absolute atomic E-state index is 0.248. The fourth-order valence-corrected chi connectivity index (χ4v) is 2.68. The molecule has 1 aromatic carbocycles. The number of hydrogen-bond acceptors (Lipinski definition) is 2. The Morgan fingerprint density at radius 2 is 2.33 bits per heavy atom. The summed E-state index contributed by atoms with van der Waals surface area (Å²) in [5, 5.41) is 10.1. The number of halogens is 2. The second-order valence-electron chi connectivity index (χ2n) is 5.11. The van der Waals surface area contributed by atoms with Crippen LogP contribution in [0.4, 0.5) is 4.39 Å². The van der Waals surface area contributed by atoms with E-state index in [1.165, 1.54) is 6.07 Å². The summed E-state index contributed by atoms with van der Waals surface area (Å²) >= 11 is 5.74. The van der Waals surface area contributed by atoms with Crippen molar-refractivity contribution in [2.24, 2.45) is 5.92 Å². The van der Waals surface area contributed by atoms with Crippen molar-refractivity contribution in [3.63, 3.8) is 0 Å². The molecule has 18 heavy (non-hydrogen) atoms. The third kappa shape index (κ3) is 3.44. The smallest absolute Gasteiger partial charge is 0.129 e. The van der Waals surface area contributed by atoms with Gasteiger partial charge in [0.1, 0.15) is 5.82 Å². The van der Waals surface area contributed by atoms with Gasteiger partial charge in [-0.25, -0.2) is 4.39 Å². The van der Waals surface area contributed by atoms with E-state index in [0.717, 1.165) is 25.9 Å². The molecule has 0 radical (unpaired) electrons. The van der Waals surface area contributed by atoms with Crippen LogP contribution in [-0.4, -0.2) is 29.2 Å². The Morgan fingerprint density at radius 1 is 1.56 bits per heavy atom. The van der Waals surface area contributed by atoms with E-state index in [2.05, 4.69) is 4.90 Å². The zero-order valence-electron chi connectivity index (χ0n) is 10.6. The summed E-state index contributed by atoms with van der Waals surface area (Å²) in [7, 11) is 0. The molecule has 1 heterocycles. The van der Waals surface area contributed by atoms with Crippen molar-refractivity contribution in [3.05, 3.63) is 34.6 Å². The highest BCUT2D eigenvalue weighted by Gasteiger charge is 2.23. The van der Waals surface area contributed by atoms with Crippen LogP contribution < -0.4 is 0 Å². The van der Waals surface area contributed by atoms with Crippen molar-refractivity contribution < 1.29 is 9.50 Å². The summed E-state index contributed by atoms with van der Waals surface area (Å²) in [5.41, 5.74) is 0.672. The number of nitrogens with zero attached hydrogens (tertiary/aromatic N) is 1. The Labute approximate surface area is 112 Å². The second kappa shape index (κ2) is 6.00. The lowest BCUT2D eigenvalue weighted by Crippen LogP contribution is -2.39. The van der Waals surface area contributed by atoms with E-state index in [4.69, 9.17) is 11.6 Å². The summed E-state index contributed by atoms with van der Waals surface area (Å²) < 4.78 is 13.7. The lowest BCUT2D eigenvalue weighted by Gasteiger charge is -2.34. The van der Waals surface area contributed by atoms with Gasteiger partial charge in [0.15, 0.2) is 0 Å². The Bertz CT molecular complexity index is 411. The van der Waals surface area contributed by atoms with Gasteiger partial charge in [-0.05, 0) is 44.4 Å². The van der Waals surface area contributed by atoms with Crippen molar-refractivity contribution in [2.45, 2.75) is 32.4 Å². The molecule has 1 aliphatic heterocycles. The average Bonchev–Trinajstić information content (AvgIpc) is 2.33. The van der Waals surface area contributed by atoms with Crippen molar-refractivity contribution in [2.75, 3.05) is 13.1 Å². The molecule has 1 saturated heterocycles. The monoisotopic (exact) mass is 271 g/mol. The Kier molecular flexibility index (Phi) is 4.60. The van der Waals surface area contributed by atoms with E-state index in [1.807, 2.05) is 6.92 Å². The van der Waals surface area contributed by atoms with E-state index in [1.54, 1.807) is 12.1 Å². The maximum atomic E-state index is 13.7. The molecular formula is C14H19ClFNO. The van der Waals surface area contributed by atoms with Gasteiger partial charge in [0.25, 0.3) is 0 Å². The van der Waals surface area contributed by atoms with Crippen LogP contribution in [0.2, 0.25) is 5.02 Å². The zero-order valence-corrected chi connectivity index (χ0v) is 11.3. The summed E-state index contributed by atoms with van der Waals surface area (Å²) in [6.45, 7) is 4.22. The molecule has 1 aromatic rings.